The molecule has 4 rings (SSSR count). The molecular formula is C25H23BrO5. The molecule has 0 heterocycles. The van der Waals surface area contributed by atoms with Crippen molar-refractivity contribution in [1.29, 1.82) is 0 Å². The van der Waals surface area contributed by atoms with Crippen LogP contribution in [0, 0.1) is 0 Å². The van der Waals surface area contributed by atoms with E-state index in [0.717, 1.165) is 28.7 Å². The lowest BCUT2D eigenvalue weighted by molar-refractivity contribution is -0.136. The summed E-state index contributed by atoms with van der Waals surface area (Å²) in [6.07, 6.45) is 2.43. The summed E-state index contributed by atoms with van der Waals surface area (Å²) in [4.78, 5) is 36.7. The summed E-state index contributed by atoms with van der Waals surface area (Å²) < 4.78 is 10.1. The summed E-state index contributed by atoms with van der Waals surface area (Å²) in [6, 6.07) is 10.9. The first-order valence-electron chi connectivity index (χ1n) is 10.4. The molecule has 1 aliphatic rings. The van der Waals surface area contributed by atoms with Gasteiger partial charge in [0.25, 0.3) is 0 Å². The SMILES string of the molecule is CCCC(=O)Oc1ccc2c(c1)CCc1cc(OC(=O)C(C)(C)Br)ccc1-c1c-2c1=O. The third-order valence-electron chi connectivity index (χ3n) is 5.38. The lowest BCUT2D eigenvalue weighted by Gasteiger charge is -2.17. The van der Waals surface area contributed by atoms with Crippen LogP contribution in [0.15, 0.2) is 41.2 Å². The van der Waals surface area contributed by atoms with E-state index in [4.69, 9.17) is 9.47 Å². The Balaban J connectivity index is 1.65. The third-order valence-corrected chi connectivity index (χ3v) is 5.70. The summed E-state index contributed by atoms with van der Waals surface area (Å²) >= 11 is 3.31. The standard InChI is InChI=1S/C25H23BrO5/c1-4-5-20(27)30-16-8-10-18-14(12-16)6-7-15-13-17(31-24(29)25(2,3)26)9-11-19(15)22-21(18)23(22)28/h8-13H,4-7H2,1-3H3. The second-order valence-corrected chi connectivity index (χ2v) is 10.3. The van der Waals surface area contributed by atoms with Crippen molar-refractivity contribution < 1.29 is 19.1 Å². The van der Waals surface area contributed by atoms with Gasteiger partial charge >= 0.3 is 11.9 Å². The molecular weight excluding hydrogens is 460 g/mol. The van der Waals surface area contributed by atoms with Gasteiger partial charge in [0.05, 0.1) is 0 Å². The second kappa shape index (κ2) is 8.08. The van der Waals surface area contributed by atoms with Crippen LogP contribution in [0.5, 0.6) is 11.5 Å². The lowest BCUT2D eigenvalue weighted by atomic mass is 9.91. The summed E-state index contributed by atoms with van der Waals surface area (Å²) in [5.74, 6) is 0.303. The predicted molar refractivity (Wildman–Crippen MR) is 123 cm³/mol. The van der Waals surface area contributed by atoms with Crippen LogP contribution in [0.2, 0.25) is 0 Å². The highest BCUT2D eigenvalue weighted by Crippen LogP contribution is 2.42. The molecule has 0 N–H and O–H groups in total. The van der Waals surface area contributed by atoms with Crippen molar-refractivity contribution in [3.05, 3.63) is 57.7 Å². The number of aryl methyl sites for hydroxylation is 2. The molecule has 31 heavy (non-hydrogen) atoms. The fraction of sp³-hybridized carbons (Fsp3) is 0.320. The van der Waals surface area contributed by atoms with Gasteiger partial charge in [-0.05, 0) is 79.6 Å². The molecule has 0 saturated heterocycles. The first-order valence-corrected chi connectivity index (χ1v) is 11.2. The van der Waals surface area contributed by atoms with Gasteiger partial charge in [-0.1, -0.05) is 35.0 Å². The van der Waals surface area contributed by atoms with E-state index in [9.17, 15) is 14.4 Å². The Morgan fingerprint density at radius 3 is 1.94 bits per heavy atom. The number of ether oxygens (including phenoxy) is 2. The summed E-state index contributed by atoms with van der Waals surface area (Å²) in [5, 5.41) is 0. The van der Waals surface area contributed by atoms with Crippen molar-refractivity contribution in [2.24, 2.45) is 0 Å². The van der Waals surface area contributed by atoms with Gasteiger partial charge in [-0.25, -0.2) is 0 Å². The number of halogens is 1. The van der Waals surface area contributed by atoms with Gasteiger partial charge in [0.2, 0.25) is 0 Å². The van der Waals surface area contributed by atoms with Crippen molar-refractivity contribution in [3.8, 4) is 33.8 Å². The van der Waals surface area contributed by atoms with Crippen molar-refractivity contribution in [2.45, 2.75) is 50.8 Å². The fourth-order valence-corrected chi connectivity index (χ4v) is 3.82. The first kappa shape index (κ1) is 21.5. The number of fused-ring (bicyclic) bond motifs is 5. The molecule has 0 unspecified atom stereocenters. The average Bonchev–Trinajstić information content (AvgIpc) is 3.34. The van der Waals surface area contributed by atoms with Gasteiger partial charge in [0.1, 0.15) is 15.8 Å². The molecule has 5 nitrogen and oxygen atoms in total. The summed E-state index contributed by atoms with van der Waals surface area (Å²) in [5.41, 5.74) is 5.18. The van der Waals surface area contributed by atoms with Gasteiger partial charge in [-0.2, -0.15) is 0 Å². The Bertz CT molecular complexity index is 1190. The van der Waals surface area contributed by atoms with Crippen LogP contribution in [0.3, 0.4) is 0 Å². The Morgan fingerprint density at radius 2 is 1.45 bits per heavy atom. The molecule has 0 amide bonds. The number of esters is 2. The number of carbonyl (C=O) groups is 2. The Hall–Kier alpha value is -2.73. The largest absolute Gasteiger partial charge is 0.427 e. The highest BCUT2D eigenvalue weighted by Gasteiger charge is 2.31. The van der Waals surface area contributed by atoms with E-state index >= 15 is 0 Å². The maximum absolute atomic E-state index is 12.6. The fourth-order valence-electron chi connectivity index (χ4n) is 3.74. The smallest absolute Gasteiger partial charge is 0.327 e. The molecule has 0 saturated carbocycles. The van der Waals surface area contributed by atoms with Crippen LogP contribution in [0.1, 0.15) is 44.7 Å². The normalized spacial score (nSPS) is 12.9. The van der Waals surface area contributed by atoms with E-state index in [1.165, 1.54) is 0 Å². The number of benzene rings is 2. The van der Waals surface area contributed by atoms with Gasteiger partial charge in [-0.15, -0.1) is 0 Å². The molecule has 3 aromatic carbocycles. The zero-order valence-corrected chi connectivity index (χ0v) is 19.3. The third kappa shape index (κ3) is 4.35. The van der Waals surface area contributed by atoms with Crippen LogP contribution >= 0.6 is 15.9 Å². The van der Waals surface area contributed by atoms with Crippen LogP contribution in [0.4, 0.5) is 0 Å². The second-order valence-electron chi connectivity index (χ2n) is 8.30. The number of hydrogen-bond acceptors (Lipinski definition) is 5. The van der Waals surface area contributed by atoms with Crippen LogP contribution < -0.4 is 14.9 Å². The minimum Gasteiger partial charge on any atom is -0.427 e. The van der Waals surface area contributed by atoms with E-state index < -0.39 is 4.32 Å². The zero-order valence-electron chi connectivity index (χ0n) is 17.7. The molecule has 6 heteroatoms. The molecule has 160 valence electrons. The Labute approximate surface area is 189 Å². The average molecular weight is 483 g/mol. The highest BCUT2D eigenvalue weighted by atomic mass is 79.9. The molecule has 0 atom stereocenters. The minimum atomic E-state index is -0.788. The number of carbonyl (C=O) groups excluding carboxylic acids is 2. The summed E-state index contributed by atoms with van der Waals surface area (Å²) in [6.45, 7) is 5.38. The van der Waals surface area contributed by atoms with Crippen molar-refractivity contribution >= 4 is 27.9 Å². The van der Waals surface area contributed by atoms with Gasteiger partial charge < -0.3 is 9.47 Å². The van der Waals surface area contributed by atoms with Crippen molar-refractivity contribution in [2.75, 3.05) is 0 Å². The quantitative estimate of drug-likeness (QED) is 0.286. The maximum Gasteiger partial charge on any atom is 0.327 e. The molecule has 0 aliphatic heterocycles. The molecule has 0 radical (unpaired) electrons. The molecule has 0 aromatic heterocycles. The molecule has 0 fully saturated rings. The van der Waals surface area contributed by atoms with Crippen LogP contribution in [0.25, 0.3) is 22.3 Å². The monoisotopic (exact) mass is 482 g/mol. The minimum absolute atomic E-state index is 0.0338. The van der Waals surface area contributed by atoms with E-state index in [-0.39, 0.29) is 17.4 Å². The summed E-state index contributed by atoms with van der Waals surface area (Å²) in [7, 11) is 0. The van der Waals surface area contributed by atoms with Crippen molar-refractivity contribution in [1.82, 2.24) is 0 Å². The highest BCUT2D eigenvalue weighted by molar-refractivity contribution is 9.10. The van der Waals surface area contributed by atoms with E-state index in [2.05, 4.69) is 15.9 Å². The van der Waals surface area contributed by atoms with Gasteiger partial charge in [0, 0.05) is 17.5 Å². The number of alkyl halides is 1. The number of hydrogen-bond donors (Lipinski definition) is 0. The van der Waals surface area contributed by atoms with E-state index in [0.29, 0.717) is 41.9 Å². The predicted octanol–water partition coefficient (Wildman–Crippen LogP) is 5.14. The Morgan fingerprint density at radius 1 is 0.935 bits per heavy atom. The van der Waals surface area contributed by atoms with E-state index in [1.54, 1.807) is 26.0 Å². The van der Waals surface area contributed by atoms with Gasteiger partial charge in [0.15, 0.2) is 5.43 Å². The molecule has 3 aromatic rings. The topological polar surface area (TPSA) is 69.7 Å². The van der Waals surface area contributed by atoms with E-state index in [1.807, 2.05) is 31.2 Å². The van der Waals surface area contributed by atoms with Crippen LogP contribution in [-0.2, 0) is 22.4 Å². The molecule has 1 aliphatic carbocycles. The van der Waals surface area contributed by atoms with Crippen molar-refractivity contribution in [3.63, 3.8) is 0 Å². The maximum atomic E-state index is 12.6. The van der Waals surface area contributed by atoms with Gasteiger partial charge in [-0.3, -0.25) is 14.4 Å². The number of rotatable bonds is 5. The molecule has 0 spiro atoms. The lowest BCUT2D eigenvalue weighted by Crippen LogP contribution is -2.29. The molecule has 0 bridgehead atoms. The zero-order chi connectivity index (χ0) is 22.3. The van der Waals surface area contributed by atoms with Crippen LogP contribution in [-0.4, -0.2) is 16.3 Å². The Kier molecular flexibility index (Phi) is 5.60. The first-order chi connectivity index (χ1) is 14.7.